The quantitative estimate of drug-likeness (QED) is 0.668. The lowest BCUT2D eigenvalue weighted by Gasteiger charge is -2.25. The summed E-state index contributed by atoms with van der Waals surface area (Å²) in [4.78, 5) is 28.3. The van der Waals surface area contributed by atoms with Gasteiger partial charge in [-0.1, -0.05) is 24.3 Å². The lowest BCUT2D eigenvalue weighted by atomic mass is 10.1. The van der Waals surface area contributed by atoms with Crippen molar-refractivity contribution >= 4 is 23.2 Å². The Morgan fingerprint density at radius 1 is 1.14 bits per heavy atom. The Balaban J connectivity index is 1.95. The molecule has 0 aliphatic heterocycles. The van der Waals surface area contributed by atoms with Gasteiger partial charge in [0.05, 0.1) is 17.1 Å². The van der Waals surface area contributed by atoms with Crippen LogP contribution in [0.1, 0.15) is 38.2 Å². The molecule has 0 fully saturated rings. The predicted octanol–water partition coefficient (Wildman–Crippen LogP) is 3.98. The highest BCUT2D eigenvalue weighted by atomic mass is 32.1. The van der Waals surface area contributed by atoms with Crippen molar-refractivity contribution in [1.29, 1.82) is 0 Å². The fourth-order valence-corrected chi connectivity index (χ4v) is 3.65. The van der Waals surface area contributed by atoms with Gasteiger partial charge < -0.3 is 10.2 Å². The maximum atomic E-state index is 13.3. The zero-order valence-corrected chi connectivity index (χ0v) is 18.0. The van der Waals surface area contributed by atoms with Crippen molar-refractivity contribution in [2.45, 2.75) is 33.2 Å². The van der Waals surface area contributed by atoms with E-state index in [9.17, 15) is 9.59 Å². The monoisotopic (exact) mass is 410 g/mol. The van der Waals surface area contributed by atoms with Gasteiger partial charge in [0.15, 0.2) is 0 Å². The van der Waals surface area contributed by atoms with Gasteiger partial charge in [-0.15, -0.1) is 11.3 Å². The molecule has 0 saturated carbocycles. The number of benzene rings is 1. The Hall–Kier alpha value is -2.93. The molecule has 0 unspecified atom stereocenters. The molecule has 0 bridgehead atoms. The second-order valence-corrected chi connectivity index (χ2v) is 8.70. The SMILES string of the molecule is CCN(CC(=O)NC(C)(C)C)C(=O)c1cc(-c2cccs2)nn1-c1ccccc1. The van der Waals surface area contributed by atoms with E-state index < -0.39 is 0 Å². The third kappa shape index (κ3) is 5.12. The van der Waals surface area contributed by atoms with Gasteiger partial charge in [-0.05, 0) is 57.3 Å². The third-order valence-electron chi connectivity index (χ3n) is 4.22. The van der Waals surface area contributed by atoms with Crippen molar-refractivity contribution < 1.29 is 9.59 Å². The molecule has 0 saturated heterocycles. The van der Waals surface area contributed by atoms with Gasteiger partial charge in [0.1, 0.15) is 11.4 Å². The van der Waals surface area contributed by atoms with Gasteiger partial charge in [-0.25, -0.2) is 4.68 Å². The average Bonchev–Trinajstić information content (AvgIpc) is 3.34. The smallest absolute Gasteiger partial charge is 0.273 e. The summed E-state index contributed by atoms with van der Waals surface area (Å²) in [5.74, 6) is -0.410. The predicted molar refractivity (Wildman–Crippen MR) is 116 cm³/mol. The summed E-state index contributed by atoms with van der Waals surface area (Å²) < 4.78 is 1.65. The lowest BCUT2D eigenvalue weighted by Crippen LogP contribution is -2.47. The molecule has 2 aromatic heterocycles. The second-order valence-electron chi connectivity index (χ2n) is 7.76. The molecule has 29 heavy (non-hydrogen) atoms. The minimum atomic E-state index is -0.350. The second kappa shape index (κ2) is 8.61. The van der Waals surface area contributed by atoms with Crippen LogP contribution < -0.4 is 5.32 Å². The van der Waals surface area contributed by atoms with Gasteiger partial charge in [-0.3, -0.25) is 9.59 Å². The fraction of sp³-hybridized carbons (Fsp3) is 0.318. The first-order valence-electron chi connectivity index (χ1n) is 9.58. The van der Waals surface area contributed by atoms with Crippen molar-refractivity contribution in [2.24, 2.45) is 0 Å². The van der Waals surface area contributed by atoms with Crippen molar-refractivity contribution in [3.8, 4) is 16.3 Å². The van der Waals surface area contributed by atoms with Crippen LogP contribution in [0.5, 0.6) is 0 Å². The number of hydrogen-bond donors (Lipinski definition) is 1. The highest BCUT2D eigenvalue weighted by Crippen LogP contribution is 2.26. The van der Waals surface area contributed by atoms with Gasteiger partial charge >= 0.3 is 0 Å². The number of nitrogens with one attached hydrogen (secondary N) is 1. The van der Waals surface area contributed by atoms with Crippen molar-refractivity contribution in [1.82, 2.24) is 20.0 Å². The molecule has 0 aliphatic rings. The van der Waals surface area contributed by atoms with Crippen LogP contribution >= 0.6 is 11.3 Å². The number of thiophene rings is 1. The maximum Gasteiger partial charge on any atom is 0.273 e. The molecular formula is C22H26N4O2S. The zero-order chi connectivity index (χ0) is 21.0. The lowest BCUT2D eigenvalue weighted by molar-refractivity contribution is -0.123. The normalized spacial score (nSPS) is 11.3. The molecular weight excluding hydrogens is 384 g/mol. The Kier molecular flexibility index (Phi) is 6.17. The zero-order valence-electron chi connectivity index (χ0n) is 17.2. The highest BCUT2D eigenvalue weighted by Gasteiger charge is 2.25. The summed E-state index contributed by atoms with van der Waals surface area (Å²) >= 11 is 1.57. The van der Waals surface area contributed by atoms with E-state index in [0.717, 1.165) is 16.3 Å². The van der Waals surface area contributed by atoms with Crippen LogP contribution in [0.2, 0.25) is 0 Å². The summed E-state index contributed by atoms with van der Waals surface area (Å²) in [5.41, 5.74) is 1.62. The first kappa shape index (κ1) is 20.8. The Bertz CT molecular complexity index is 972. The minimum absolute atomic E-state index is 0.000901. The Labute approximate surface area is 175 Å². The molecule has 3 aromatic rings. The molecule has 1 N–H and O–H groups in total. The number of amides is 2. The van der Waals surface area contributed by atoms with Crippen LogP contribution in [0.3, 0.4) is 0 Å². The van der Waals surface area contributed by atoms with E-state index in [1.54, 1.807) is 22.1 Å². The van der Waals surface area contributed by atoms with Crippen LogP contribution in [0.15, 0.2) is 53.9 Å². The summed E-state index contributed by atoms with van der Waals surface area (Å²) in [5, 5.41) is 9.57. The van der Waals surface area contributed by atoms with E-state index in [1.807, 2.05) is 75.5 Å². The van der Waals surface area contributed by atoms with Crippen molar-refractivity contribution in [3.05, 3.63) is 59.6 Å². The first-order chi connectivity index (χ1) is 13.8. The number of nitrogens with zero attached hydrogens (tertiary/aromatic N) is 3. The summed E-state index contributed by atoms with van der Waals surface area (Å²) in [6.07, 6.45) is 0. The Morgan fingerprint density at radius 3 is 2.45 bits per heavy atom. The summed E-state index contributed by atoms with van der Waals surface area (Å²) in [7, 11) is 0. The van der Waals surface area contributed by atoms with Gasteiger partial charge in [0.2, 0.25) is 5.91 Å². The van der Waals surface area contributed by atoms with Gasteiger partial charge in [0.25, 0.3) is 5.91 Å². The van der Waals surface area contributed by atoms with Crippen molar-refractivity contribution in [3.63, 3.8) is 0 Å². The van der Waals surface area contributed by atoms with Crippen LogP contribution in [0.25, 0.3) is 16.3 Å². The van der Waals surface area contributed by atoms with Crippen LogP contribution in [-0.2, 0) is 4.79 Å². The Morgan fingerprint density at radius 2 is 1.86 bits per heavy atom. The third-order valence-corrected chi connectivity index (χ3v) is 5.11. The molecule has 1 aromatic carbocycles. The molecule has 6 nitrogen and oxygen atoms in total. The van der Waals surface area contributed by atoms with Gasteiger partial charge in [0, 0.05) is 12.1 Å². The fourth-order valence-electron chi connectivity index (χ4n) is 2.96. The van der Waals surface area contributed by atoms with Crippen LogP contribution in [0, 0.1) is 0 Å². The van der Waals surface area contributed by atoms with E-state index >= 15 is 0 Å². The molecule has 7 heteroatoms. The number of likely N-dealkylation sites (N-methyl/N-ethyl adjacent to an activating group) is 1. The maximum absolute atomic E-state index is 13.3. The van der Waals surface area contributed by atoms with E-state index in [0.29, 0.717) is 12.2 Å². The molecule has 2 heterocycles. The summed E-state index contributed by atoms with van der Waals surface area (Å²) in [6, 6.07) is 15.3. The van der Waals surface area contributed by atoms with E-state index in [-0.39, 0.29) is 23.9 Å². The standard InChI is InChI=1S/C22H26N4O2S/c1-5-25(15-20(27)23-22(2,3)4)21(28)18-14-17(19-12-9-13-29-19)24-26(18)16-10-7-6-8-11-16/h6-14H,5,15H2,1-4H3,(H,23,27). The molecule has 3 rings (SSSR count). The summed E-state index contributed by atoms with van der Waals surface area (Å²) in [6.45, 7) is 8.04. The molecule has 2 amide bonds. The number of rotatable bonds is 6. The largest absolute Gasteiger partial charge is 0.350 e. The number of hydrogen-bond acceptors (Lipinski definition) is 4. The van der Waals surface area contributed by atoms with E-state index in [1.165, 1.54) is 4.90 Å². The number of aromatic nitrogens is 2. The number of carbonyl (C=O) groups is 2. The van der Waals surface area contributed by atoms with Gasteiger partial charge in [-0.2, -0.15) is 5.10 Å². The highest BCUT2D eigenvalue weighted by molar-refractivity contribution is 7.13. The average molecular weight is 411 g/mol. The number of para-hydroxylation sites is 1. The molecule has 0 spiro atoms. The first-order valence-corrected chi connectivity index (χ1v) is 10.5. The topological polar surface area (TPSA) is 67.2 Å². The van der Waals surface area contributed by atoms with Crippen molar-refractivity contribution in [2.75, 3.05) is 13.1 Å². The molecule has 0 radical (unpaired) electrons. The molecule has 152 valence electrons. The van der Waals surface area contributed by atoms with Crippen LogP contribution in [-0.4, -0.2) is 45.1 Å². The molecule has 0 atom stereocenters. The van der Waals surface area contributed by atoms with E-state index in [4.69, 9.17) is 0 Å². The number of carbonyl (C=O) groups excluding carboxylic acids is 2. The van der Waals surface area contributed by atoms with Crippen LogP contribution in [0.4, 0.5) is 0 Å². The molecule has 0 aliphatic carbocycles. The minimum Gasteiger partial charge on any atom is -0.350 e. The van der Waals surface area contributed by atoms with E-state index in [2.05, 4.69) is 10.4 Å².